The summed E-state index contributed by atoms with van der Waals surface area (Å²) in [4.78, 5) is 23.7. The number of carbonyl (C=O) groups is 2. The van der Waals surface area contributed by atoms with Gasteiger partial charge in [0.2, 0.25) is 15.9 Å². The summed E-state index contributed by atoms with van der Waals surface area (Å²) in [5.41, 5.74) is 0. The number of rotatable bonds is 12. The lowest BCUT2D eigenvalue weighted by Crippen LogP contribution is -2.28. The van der Waals surface area contributed by atoms with Gasteiger partial charge >= 0.3 is 0 Å². The fraction of sp³-hybridized carbons (Fsp3) is 0.478. The fourth-order valence-electron chi connectivity index (χ4n) is 3.54. The van der Waals surface area contributed by atoms with Crippen LogP contribution in [0, 0.1) is 11.8 Å². The summed E-state index contributed by atoms with van der Waals surface area (Å²) >= 11 is 0. The maximum atomic E-state index is 12.3. The molecule has 0 aliphatic heterocycles. The van der Waals surface area contributed by atoms with E-state index in [0.29, 0.717) is 25.0 Å². The molecule has 1 aromatic rings. The van der Waals surface area contributed by atoms with Gasteiger partial charge in [-0.2, -0.15) is 0 Å². The van der Waals surface area contributed by atoms with E-state index in [1.54, 1.807) is 24.3 Å². The van der Waals surface area contributed by atoms with Gasteiger partial charge in [-0.15, -0.1) is 0 Å². The SMILES string of the molecule is CS(=O)(=O)NC(=O)CCC/C=C\CC1C(=O)C[C@H](O)[C@@H]1/C=C/[C@@H](O)COc1ccccc1. The van der Waals surface area contributed by atoms with E-state index >= 15 is 0 Å². The summed E-state index contributed by atoms with van der Waals surface area (Å²) in [5, 5.41) is 20.4. The molecule has 176 valence electrons. The van der Waals surface area contributed by atoms with Gasteiger partial charge in [-0.25, -0.2) is 8.42 Å². The molecule has 0 bridgehead atoms. The number of aliphatic hydroxyl groups is 2. The molecule has 0 aromatic heterocycles. The van der Waals surface area contributed by atoms with Crippen molar-refractivity contribution >= 4 is 21.7 Å². The number of benzene rings is 1. The minimum atomic E-state index is -3.54. The monoisotopic (exact) mass is 465 g/mol. The second-order valence-corrected chi connectivity index (χ2v) is 9.64. The minimum absolute atomic E-state index is 0.0284. The van der Waals surface area contributed by atoms with Gasteiger partial charge in [-0.3, -0.25) is 14.3 Å². The molecular weight excluding hydrogens is 434 g/mol. The Hall–Kier alpha value is -2.49. The van der Waals surface area contributed by atoms with E-state index < -0.39 is 28.1 Å². The van der Waals surface area contributed by atoms with Gasteiger partial charge in [0, 0.05) is 24.7 Å². The van der Waals surface area contributed by atoms with E-state index in [-0.39, 0.29) is 37.1 Å². The quantitative estimate of drug-likeness (QED) is 0.317. The molecule has 32 heavy (non-hydrogen) atoms. The number of ketones is 1. The molecular formula is C23H31NO7S. The lowest BCUT2D eigenvalue weighted by atomic mass is 9.90. The molecule has 4 atom stereocenters. The van der Waals surface area contributed by atoms with Crippen LogP contribution in [0.5, 0.6) is 5.75 Å². The molecule has 1 aliphatic carbocycles. The normalized spacial score (nSPS) is 22.5. The Morgan fingerprint density at radius 1 is 1.28 bits per heavy atom. The van der Waals surface area contributed by atoms with E-state index in [1.165, 1.54) is 0 Å². The van der Waals surface area contributed by atoms with Crippen LogP contribution in [0.3, 0.4) is 0 Å². The number of carbonyl (C=O) groups excluding carboxylic acids is 2. The summed E-state index contributed by atoms with van der Waals surface area (Å²) in [6, 6.07) is 9.11. The molecule has 1 aromatic carbocycles. The second kappa shape index (κ2) is 12.5. The number of hydrogen-bond donors (Lipinski definition) is 3. The maximum absolute atomic E-state index is 12.3. The average molecular weight is 466 g/mol. The van der Waals surface area contributed by atoms with E-state index in [4.69, 9.17) is 4.74 Å². The Labute approximate surface area is 189 Å². The number of aliphatic hydroxyl groups excluding tert-OH is 2. The van der Waals surface area contributed by atoms with Crippen molar-refractivity contribution in [2.45, 2.75) is 44.3 Å². The van der Waals surface area contributed by atoms with Crippen molar-refractivity contribution in [2.24, 2.45) is 11.8 Å². The third kappa shape index (κ3) is 9.33. The van der Waals surface area contributed by atoms with Gasteiger partial charge in [0.15, 0.2) is 0 Å². The molecule has 8 nitrogen and oxygen atoms in total. The van der Waals surface area contributed by atoms with Crippen molar-refractivity contribution in [3.63, 3.8) is 0 Å². The average Bonchev–Trinajstić information content (AvgIpc) is 2.99. The Bertz CT molecular complexity index is 912. The zero-order valence-electron chi connectivity index (χ0n) is 18.1. The predicted molar refractivity (Wildman–Crippen MR) is 120 cm³/mol. The summed E-state index contributed by atoms with van der Waals surface area (Å²) in [7, 11) is -3.54. The van der Waals surface area contributed by atoms with Gasteiger partial charge in [0.25, 0.3) is 0 Å². The molecule has 1 saturated carbocycles. The largest absolute Gasteiger partial charge is 0.491 e. The third-order valence-corrected chi connectivity index (χ3v) is 5.68. The molecule has 0 radical (unpaired) electrons. The lowest BCUT2D eigenvalue weighted by Gasteiger charge is -2.17. The van der Waals surface area contributed by atoms with Crippen LogP contribution in [-0.4, -0.2) is 55.4 Å². The highest BCUT2D eigenvalue weighted by Gasteiger charge is 2.39. The molecule has 1 aliphatic rings. The Morgan fingerprint density at radius 3 is 2.69 bits per heavy atom. The molecule has 0 saturated heterocycles. The highest BCUT2D eigenvalue weighted by Crippen LogP contribution is 2.33. The molecule has 2 rings (SSSR count). The van der Waals surface area contributed by atoms with Gasteiger partial charge < -0.3 is 14.9 Å². The fourth-order valence-corrected chi connectivity index (χ4v) is 4.05. The first-order valence-electron chi connectivity index (χ1n) is 10.6. The first-order chi connectivity index (χ1) is 15.2. The van der Waals surface area contributed by atoms with Gasteiger partial charge in [0.05, 0.1) is 12.4 Å². The number of allylic oxidation sites excluding steroid dienone is 2. The second-order valence-electron chi connectivity index (χ2n) is 7.89. The standard InChI is InChI=1S/C23H31NO7S/c1-32(29,30)24-23(28)12-8-3-2-7-11-19-20(22(27)15-21(19)26)14-13-17(25)16-31-18-9-5-4-6-10-18/h2,4-7,9-10,13-14,17,19-20,22,25,27H,3,8,11-12,15-16H2,1H3,(H,24,28)/b7-2-,14-13+/t17-,19?,20-,22+/m1/s1. The Kier molecular flexibility index (Phi) is 10.1. The smallest absolute Gasteiger partial charge is 0.233 e. The topological polar surface area (TPSA) is 130 Å². The van der Waals surface area contributed by atoms with Crippen LogP contribution in [0.4, 0.5) is 0 Å². The van der Waals surface area contributed by atoms with Crippen molar-refractivity contribution in [1.82, 2.24) is 4.72 Å². The molecule has 9 heteroatoms. The van der Waals surface area contributed by atoms with E-state index in [9.17, 15) is 28.2 Å². The van der Waals surface area contributed by atoms with Gasteiger partial charge in [-0.05, 0) is 31.4 Å². The van der Waals surface area contributed by atoms with Crippen molar-refractivity contribution in [1.29, 1.82) is 0 Å². The maximum Gasteiger partial charge on any atom is 0.233 e. The highest BCUT2D eigenvalue weighted by molar-refractivity contribution is 7.89. The summed E-state index contributed by atoms with van der Waals surface area (Å²) in [6.45, 7) is 0.0642. The van der Waals surface area contributed by atoms with Crippen LogP contribution in [0.2, 0.25) is 0 Å². The van der Waals surface area contributed by atoms with Gasteiger partial charge in [-0.1, -0.05) is 42.5 Å². The van der Waals surface area contributed by atoms with Crippen LogP contribution in [0.25, 0.3) is 0 Å². The predicted octanol–water partition coefficient (Wildman–Crippen LogP) is 1.74. The highest BCUT2D eigenvalue weighted by atomic mass is 32.2. The molecule has 0 spiro atoms. The number of para-hydroxylation sites is 1. The summed E-state index contributed by atoms with van der Waals surface area (Å²) in [6.07, 6.45) is 7.84. The molecule has 1 unspecified atom stereocenters. The van der Waals surface area contributed by atoms with E-state index in [2.05, 4.69) is 0 Å². The Balaban J connectivity index is 1.78. The first kappa shape index (κ1) is 25.8. The number of amides is 1. The van der Waals surface area contributed by atoms with Crippen LogP contribution >= 0.6 is 0 Å². The van der Waals surface area contributed by atoms with Crippen molar-refractivity contribution in [3.8, 4) is 5.75 Å². The summed E-state index contributed by atoms with van der Waals surface area (Å²) < 4.78 is 29.4. The first-order valence-corrected chi connectivity index (χ1v) is 12.5. The van der Waals surface area contributed by atoms with Crippen LogP contribution < -0.4 is 9.46 Å². The van der Waals surface area contributed by atoms with Crippen molar-refractivity contribution in [3.05, 3.63) is 54.6 Å². The van der Waals surface area contributed by atoms with E-state index in [1.807, 2.05) is 35.1 Å². The number of unbranched alkanes of at least 4 members (excludes halogenated alkanes) is 1. The van der Waals surface area contributed by atoms with Crippen LogP contribution in [-0.2, 0) is 19.6 Å². The number of Topliss-reactive ketones (excluding diaryl/α,β-unsaturated/α-hetero) is 1. The van der Waals surface area contributed by atoms with Gasteiger partial charge in [0.1, 0.15) is 24.2 Å². The Morgan fingerprint density at radius 2 is 2.00 bits per heavy atom. The lowest BCUT2D eigenvalue weighted by molar-refractivity contribution is -0.121. The number of sulfonamides is 1. The molecule has 3 N–H and O–H groups in total. The van der Waals surface area contributed by atoms with Crippen molar-refractivity contribution < 1.29 is 33.0 Å². The number of nitrogens with one attached hydrogen (secondary N) is 1. The number of hydrogen-bond acceptors (Lipinski definition) is 7. The molecule has 1 fully saturated rings. The minimum Gasteiger partial charge on any atom is -0.491 e. The molecule has 0 heterocycles. The summed E-state index contributed by atoms with van der Waals surface area (Å²) in [5.74, 6) is -0.700. The van der Waals surface area contributed by atoms with Crippen LogP contribution in [0.1, 0.15) is 32.1 Å². The van der Waals surface area contributed by atoms with Crippen LogP contribution in [0.15, 0.2) is 54.6 Å². The molecule has 1 amide bonds. The van der Waals surface area contributed by atoms with Crippen molar-refractivity contribution in [2.75, 3.05) is 12.9 Å². The zero-order valence-corrected chi connectivity index (χ0v) is 18.9. The zero-order chi connectivity index (χ0) is 23.6. The van der Waals surface area contributed by atoms with E-state index in [0.717, 1.165) is 6.26 Å². The number of ether oxygens (including phenoxy) is 1. The third-order valence-electron chi connectivity index (χ3n) is 5.08.